The molecular weight excluding hydrogens is 579 g/mol. The monoisotopic (exact) mass is 607 g/mol. The van der Waals surface area contributed by atoms with E-state index in [0.717, 1.165) is 29.1 Å². The maximum atomic E-state index is 13.2. The fourth-order valence-corrected chi connectivity index (χ4v) is 5.58. The molecule has 5 heterocycles. The van der Waals surface area contributed by atoms with Gasteiger partial charge in [-0.25, -0.2) is 4.79 Å². The van der Waals surface area contributed by atoms with Crippen LogP contribution in [0.4, 0.5) is 18.0 Å². The zero-order chi connectivity index (χ0) is 31.3. The summed E-state index contributed by atoms with van der Waals surface area (Å²) >= 11 is 0. The predicted octanol–water partition coefficient (Wildman–Crippen LogP) is 4.03. The fourth-order valence-electron chi connectivity index (χ4n) is 5.58. The molecule has 1 saturated heterocycles. The van der Waals surface area contributed by atoms with E-state index in [0.29, 0.717) is 49.2 Å². The van der Waals surface area contributed by atoms with E-state index in [-0.39, 0.29) is 32.6 Å². The lowest BCUT2D eigenvalue weighted by Crippen LogP contribution is -2.47. The lowest BCUT2D eigenvalue weighted by Gasteiger charge is -2.33. The third-order valence-electron chi connectivity index (χ3n) is 7.92. The second-order valence-electron chi connectivity index (χ2n) is 10.9. The molecule has 14 heteroatoms. The van der Waals surface area contributed by atoms with Gasteiger partial charge >= 0.3 is 12.4 Å². The van der Waals surface area contributed by atoms with Gasteiger partial charge < -0.3 is 24.1 Å². The van der Waals surface area contributed by atoms with Gasteiger partial charge in [0.05, 0.1) is 6.20 Å². The van der Waals surface area contributed by atoms with E-state index < -0.39 is 12.4 Å². The second kappa shape index (κ2) is 10.9. The number of nitrogens with one attached hydrogen (secondary N) is 1. The van der Waals surface area contributed by atoms with Crippen LogP contribution in [0.15, 0.2) is 70.8 Å². The lowest BCUT2D eigenvalue weighted by molar-refractivity contribution is -0.212. The normalized spacial score (nSPS) is 14.4. The number of amides is 1. The standard InChI is InChI=1S/C30H28F3N7O4/c1-36-16-23(19-5-3-4-18(10-19)14-38-6-8-39(9-7-38)29(43)44)21(12-26(36)41)24-17-37(2)28(42)27-22(24)11-25(35-27)20-13-34-40(15-20)30(31,32)33/h3-5,10-13,15-17,35H,6-9,14H2,1-2H3,(H,43,44). The van der Waals surface area contributed by atoms with E-state index in [9.17, 15) is 32.7 Å². The number of nitrogens with zero attached hydrogens (tertiary/aromatic N) is 6. The van der Waals surface area contributed by atoms with Gasteiger partial charge in [0.2, 0.25) is 0 Å². The predicted molar refractivity (Wildman–Crippen MR) is 157 cm³/mol. The number of aromatic nitrogens is 5. The number of H-pyrrole nitrogens is 1. The van der Waals surface area contributed by atoms with Gasteiger partial charge in [0.1, 0.15) is 5.52 Å². The molecule has 11 nitrogen and oxygen atoms in total. The van der Waals surface area contributed by atoms with E-state index in [2.05, 4.69) is 15.0 Å². The van der Waals surface area contributed by atoms with Crippen molar-refractivity contribution in [1.29, 1.82) is 0 Å². The third kappa shape index (κ3) is 5.39. The van der Waals surface area contributed by atoms with Crippen molar-refractivity contribution in [3.8, 4) is 33.5 Å². The molecule has 1 fully saturated rings. The Morgan fingerprint density at radius 1 is 0.932 bits per heavy atom. The van der Waals surface area contributed by atoms with Gasteiger partial charge in [0, 0.05) is 99.2 Å². The first-order valence-electron chi connectivity index (χ1n) is 13.7. The Labute approximate surface area is 248 Å². The number of rotatable bonds is 5. The maximum absolute atomic E-state index is 13.2. The summed E-state index contributed by atoms with van der Waals surface area (Å²) in [5.74, 6) is 0. The zero-order valence-electron chi connectivity index (χ0n) is 23.8. The molecule has 1 amide bonds. The SMILES string of the molecule is Cn1cc(-c2cccc(CN3CCN(C(=O)O)CC3)c2)c(-c2cn(C)c(=O)c3[nH]c(-c4cnn(C(F)(F)F)c4)cc23)cc1=O. The number of carboxylic acid groups (broad SMARTS) is 1. The smallest absolute Gasteiger partial charge is 0.465 e. The van der Waals surface area contributed by atoms with Crippen molar-refractivity contribution in [3.05, 3.63) is 87.5 Å². The van der Waals surface area contributed by atoms with Crippen molar-refractivity contribution in [1.82, 2.24) is 33.7 Å². The van der Waals surface area contributed by atoms with Crippen molar-refractivity contribution in [2.24, 2.45) is 14.1 Å². The van der Waals surface area contributed by atoms with Crippen LogP contribution in [0, 0.1) is 0 Å². The van der Waals surface area contributed by atoms with Crippen LogP contribution in [-0.4, -0.2) is 71.1 Å². The summed E-state index contributed by atoms with van der Waals surface area (Å²) in [4.78, 5) is 43.9. The Morgan fingerprint density at radius 3 is 2.34 bits per heavy atom. The van der Waals surface area contributed by atoms with E-state index in [4.69, 9.17) is 0 Å². The Bertz CT molecular complexity index is 2010. The fraction of sp³-hybridized carbons (Fsp3) is 0.267. The number of pyridine rings is 2. The molecule has 0 bridgehead atoms. The molecule has 0 radical (unpaired) electrons. The minimum absolute atomic E-state index is 0.106. The Morgan fingerprint density at radius 2 is 1.66 bits per heavy atom. The zero-order valence-corrected chi connectivity index (χ0v) is 23.8. The highest BCUT2D eigenvalue weighted by atomic mass is 19.4. The van der Waals surface area contributed by atoms with Crippen molar-refractivity contribution in [3.63, 3.8) is 0 Å². The number of aryl methyl sites for hydroxylation is 2. The lowest BCUT2D eigenvalue weighted by atomic mass is 9.94. The minimum atomic E-state index is -4.69. The summed E-state index contributed by atoms with van der Waals surface area (Å²) in [7, 11) is 3.21. The molecule has 4 aromatic heterocycles. The number of aromatic amines is 1. The molecule has 228 valence electrons. The van der Waals surface area contributed by atoms with Crippen LogP contribution in [0.5, 0.6) is 0 Å². The number of piperazine rings is 1. The third-order valence-corrected chi connectivity index (χ3v) is 7.92. The molecule has 1 aliphatic rings. The number of benzene rings is 1. The van der Waals surface area contributed by atoms with Gasteiger partial charge in [-0.3, -0.25) is 14.5 Å². The summed E-state index contributed by atoms with van der Waals surface area (Å²) in [6.45, 7) is 2.68. The van der Waals surface area contributed by atoms with Crippen LogP contribution in [0.1, 0.15) is 5.56 Å². The number of carbonyl (C=O) groups is 1. The molecule has 2 N–H and O–H groups in total. The first kappa shape index (κ1) is 29.0. The van der Waals surface area contributed by atoms with Crippen molar-refractivity contribution in [2.75, 3.05) is 26.2 Å². The molecule has 1 aromatic carbocycles. The molecule has 0 unspecified atom stereocenters. The average Bonchev–Trinajstić information content (AvgIpc) is 3.65. The highest BCUT2D eigenvalue weighted by Crippen LogP contribution is 2.37. The average molecular weight is 608 g/mol. The van der Waals surface area contributed by atoms with Crippen molar-refractivity contribution in [2.45, 2.75) is 12.8 Å². The van der Waals surface area contributed by atoms with Crippen molar-refractivity contribution < 1.29 is 23.1 Å². The Kier molecular flexibility index (Phi) is 7.16. The number of halogens is 3. The van der Waals surface area contributed by atoms with Gasteiger partial charge in [-0.2, -0.15) is 9.78 Å². The largest absolute Gasteiger partial charge is 0.504 e. The number of hydrogen-bond acceptors (Lipinski definition) is 5. The van der Waals surface area contributed by atoms with Crippen molar-refractivity contribution >= 4 is 17.0 Å². The number of alkyl halides is 3. The highest BCUT2D eigenvalue weighted by molar-refractivity contribution is 6.00. The van der Waals surface area contributed by atoms with E-state index in [1.165, 1.54) is 20.1 Å². The molecule has 0 aliphatic carbocycles. The number of hydrogen-bond donors (Lipinski definition) is 2. The molecular formula is C30H28F3N7O4. The van der Waals surface area contributed by atoms with Crippen LogP contribution in [0.25, 0.3) is 44.4 Å². The molecule has 0 atom stereocenters. The highest BCUT2D eigenvalue weighted by Gasteiger charge is 2.32. The summed E-state index contributed by atoms with van der Waals surface area (Å²) in [5.41, 5.74) is 3.59. The maximum Gasteiger partial charge on any atom is 0.504 e. The van der Waals surface area contributed by atoms with Gasteiger partial charge in [-0.15, -0.1) is 13.2 Å². The number of fused-ring (bicyclic) bond motifs is 1. The quantitative estimate of drug-likeness (QED) is 0.311. The van der Waals surface area contributed by atoms with E-state index in [1.54, 1.807) is 32.6 Å². The Hall–Kier alpha value is -5.11. The van der Waals surface area contributed by atoms with Gasteiger partial charge in [0.25, 0.3) is 11.1 Å². The van der Waals surface area contributed by atoms with Crippen LogP contribution < -0.4 is 11.1 Å². The van der Waals surface area contributed by atoms with Crippen LogP contribution >= 0.6 is 0 Å². The Balaban J connectivity index is 1.43. The summed E-state index contributed by atoms with van der Waals surface area (Å²) in [6.07, 6.45) is -0.366. The molecule has 0 spiro atoms. The van der Waals surface area contributed by atoms with Crippen LogP contribution in [0.3, 0.4) is 0 Å². The van der Waals surface area contributed by atoms with Gasteiger partial charge in [-0.05, 0) is 28.8 Å². The van der Waals surface area contributed by atoms with Crippen LogP contribution in [-0.2, 0) is 26.9 Å². The summed E-state index contributed by atoms with van der Waals surface area (Å²) in [6, 6.07) is 10.9. The van der Waals surface area contributed by atoms with Gasteiger partial charge in [0.15, 0.2) is 0 Å². The first-order chi connectivity index (χ1) is 20.9. The molecule has 0 saturated carbocycles. The minimum Gasteiger partial charge on any atom is -0.465 e. The summed E-state index contributed by atoms with van der Waals surface area (Å²) < 4.78 is 42.3. The van der Waals surface area contributed by atoms with Crippen LogP contribution in [0.2, 0.25) is 0 Å². The summed E-state index contributed by atoms with van der Waals surface area (Å²) in [5, 5.41) is 13.1. The van der Waals surface area contributed by atoms with E-state index in [1.807, 2.05) is 24.3 Å². The first-order valence-corrected chi connectivity index (χ1v) is 13.7. The molecule has 44 heavy (non-hydrogen) atoms. The van der Waals surface area contributed by atoms with Gasteiger partial charge in [-0.1, -0.05) is 18.2 Å². The topological polar surface area (TPSA) is 121 Å². The second-order valence-corrected chi connectivity index (χ2v) is 10.9. The van der Waals surface area contributed by atoms with E-state index >= 15 is 0 Å². The molecule has 5 aromatic rings. The molecule has 1 aliphatic heterocycles. The molecule has 6 rings (SSSR count).